The van der Waals surface area contributed by atoms with Crippen LogP contribution in [-0.2, 0) is 0 Å². The van der Waals surface area contributed by atoms with Crippen LogP contribution in [-0.4, -0.2) is 49.2 Å². The summed E-state index contributed by atoms with van der Waals surface area (Å²) in [6, 6.07) is 6.99. The number of nitrogens with one attached hydrogen (secondary N) is 1. The predicted molar refractivity (Wildman–Crippen MR) is 98.5 cm³/mol. The summed E-state index contributed by atoms with van der Waals surface area (Å²) >= 11 is 0. The first-order valence-corrected chi connectivity index (χ1v) is 9.55. The highest BCUT2D eigenvalue weighted by Crippen LogP contribution is 2.32. The number of carbonyl (C=O) groups is 1. The molecule has 0 aromatic heterocycles. The average molecular weight is 346 g/mol. The second-order valence-corrected chi connectivity index (χ2v) is 7.12. The molecule has 0 saturated carbocycles. The minimum Gasteiger partial charge on any atom is -0.490 e. The first kappa shape index (κ1) is 18.1. The maximum Gasteiger partial charge on any atom is 0.253 e. The smallest absolute Gasteiger partial charge is 0.253 e. The minimum absolute atomic E-state index is 0.0642. The van der Waals surface area contributed by atoms with Gasteiger partial charge in [-0.15, -0.1) is 0 Å². The Labute approximate surface area is 150 Å². The lowest BCUT2D eigenvalue weighted by Crippen LogP contribution is -2.48. The fraction of sp³-hybridized carbons (Fsp3) is 0.650. The maximum atomic E-state index is 13.0. The molecule has 25 heavy (non-hydrogen) atoms. The monoisotopic (exact) mass is 346 g/mol. The van der Waals surface area contributed by atoms with Crippen molar-refractivity contribution >= 4 is 5.91 Å². The van der Waals surface area contributed by atoms with Crippen molar-refractivity contribution in [2.45, 2.75) is 64.1 Å². The van der Waals surface area contributed by atoms with Crippen LogP contribution in [0.25, 0.3) is 0 Å². The van der Waals surface area contributed by atoms with Crippen LogP contribution in [0.15, 0.2) is 18.2 Å². The zero-order chi connectivity index (χ0) is 17.8. The lowest BCUT2D eigenvalue weighted by molar-refractivity contribution is 0.0681. The number of rotatable bonds is 7. The van der Waals surface area contributed by atoms with E-state index >= 15 is 0 Å². The zero-order valence-electron chi connectivity index (χ0n) is 15.6. The van der Waals surface area contributed by atoms with Gasteiger partial charge in [-0.2, -0.15) is 0 Å². The van der Waals surface area contributed by atoms with Crippen molar-refractivity contribution < 1.29 is 14.3 Å². The molecule has 3 rings (SSSR count). The van der Waals surface area contributed by atoms with Crippen molar-refractivity contribution in [3.63, 3.8) is 0 Å². The Morgan fingerprint density at radius 1 is 1.16 bits per heavy atom. The number of hydrogen-bond donors (Lipinski definition) is 1. The Balaban J connectivity index is 1.73. The molecule has 1 aromatic rings. The second kappa shape index (κ2) is 8.09. The van der Waals surface area contributed by atoms with Gasteiger partial charge >= 0.3 is 0 Å². The van der Waals surface area contributed by atoms with Gasteiger partial charge in [0.2, 0.25) is 0 Å². The molecule has 1 N–H and O–H groups in total. The van der Waals surface area contributed by atoms with E-state index in [4.69, 9.17) is 9.47 Å². The predicted octanol–water partition coefficient (Wildman–Crippen LogP) is 3.23. The van der Waals surface area contributed by atoms with Gasteiger partial charge in [-0.3, -0.25) is 4.79 Å². The fourth-order valence-corrected chi connectivity index (χ4v) is 3.95. The molecule has 2 unspecified atom stereocenters. The highest BCUT2D eigenvalue weighted by atomic mass is 16.5. The summed E-state index contributed by atoms with van der Waals surface area (Å²) in [6.45, 7) is 5.20. The zero-order valence-corrected chi connectivity index (χ0v) is 15.6. The molecule has 5 heteroatoms. The van der Waals surface area contributed by atoms with Gasteiger partial charge in [-0.05, 0) is 57.2 Å². The average Bonchev–Trinajstić information content (AvgIpc) is 2.97. The van der Waals surface area contributed by atoms with Crippen molar-refractivity contribution in [1.29, 1.82) is 0 Å². The third-order valence-electron chi connectivity index (χ3n) is 5.27. The molecule has 0 radical (unpaired) electrons. The Hall–Kier alpha value is -1.75. The van der Waals surface area contributed by atoms with E-state index in [2.05, 4.69) is 12.2 Å². The molecule has 138 valence electrons. The van der Waals surface area contributed by atoms with Gasteiger partial charge in [0, 0.05) is 30.7 Å². The molecular formula is C20H30N2O3. The van der Waals surface area contributed by atoms with Gasteiger partial charge in [0.15, 0.2) is 11.5 Å². The molecule has 2 aliphatic heterocycles. The number of ether oxygens (including phenoxy) is 2. The normalized spacial score (nSPS) is 24.8. The van der Waals surface area contributed by atoms with Crippen LogP contribution in [0.4, 0.5) is 0 Å². The molecule has 0 spiro atoms. The lowest BCUT2D eigenvalue weighted by atomic mass is 9.98. The first-order chi connectivity index (χ1) is 12.1. The summed E-state index contributed by atoms with van der Waals surface area (Å²) in [7, 11) is 1.93. The number of hydrogen-bond acceptors (Lipinski definition) is 4. The van der Waals surface area contributed by atoms with Crippen LogP contribution >= 0.6 is 0 Å². The summed E-state index contributed by atoms with van der Waals surface area (Å²) in [4.78, 5) is 14.9. The summed E-state index contributed by atoms with van der Waals surface area (Å²) in [5.41, 5.74) is 0.667. The Morgan fingerprint density at radius 3 is 2.52 bits per heavy atom. The molecule has 2 aliphatic rings. The van der Waals surface area contributed by atoms with E-state index in [1.54, 1.807) is 0 Å². The number of piperidine rings is 1. The van der Waals surface area contributed by atoms with Crippen LogP contribution in [0.2, 0.25) is 0 Å². The van der Waals surface area contributed by atoms with Crippen molar-refractivity contribution in [3.05, 3.63) is 23.8 Å². The number of fused-ring (bicyclic) bond motifs is 2. The largest absolute Gasteiger partial charge is 0.490 e. The number of amides is 1. The maximum absolute atomic E-state index is 13.0. The molecule has 1 aromatic carbocycles. The quantitative estimate of drug-likeness (QED) is 0.823. The van der Waals surface area contributed by atoms with Gasteiger partial charge in [0.1, 0.15) is 0 Å². The van der Waals surface area contributed by atoms with E-state index in [1.165, 1.54) is 12.8 Å². The van der Waals surface area contributed by atoms with E-state index in [1.807, 2.05) is 37.1 Å². The molecule has 1 amide bonds. The van der Waals surface area contributed by atoms with Crippen molar-refractivity contribution in [2.24, 2.45) is 0 Å². The Kier molecular flexibility index (Phi) is 5.84. The second-order valence-electron chi connectivity index (χ2n) is 7.12. The fourth-order valence-electron chi connectivity index (χ4n) is 3.95. The van der Waals surface area contributed by atoms with E-state index in [9.17, 15) is 4.79 Å². The molecule has 2 bridgehead atoms. The van der Waals surface area contributed by atoms with E-state index in [0.717, 1.165) is 19.3 Å². The number of benzene rings is 1. The molecule has 2 heterocycles. The van der Waals surface area contributed by atoms with E-state index in [0.29, 0.717) is 48.4 Å². The summed E-state index contributed by atoms with van der Waals surface area (Å²) in [5, 5.41) is 3.63. The van der Waals surface area contributed by atoms with Gasteiger partial charge in [0.25, 0.3) is 5.91 Å². The van der Waals surface area contributed by atoms with Crippen LogP contribution in [0.3, 0.4) is 0 Å². The molecule has 2 saturated heterocycles. The van der Waals surface area contributed by atoms with Crippen molar-refractivity contribution in [1.82, 2.24) is 10.2 Å². The first-order valence-electron chi connectivity index (χ1n) is 9.55. The highest BCUT2D eigenvalue weighted by molar-refractivity contribution is 5.95. The third kappa shape index (κ3) is 4.09. The van der Waals surface area contributed by atoms with E-state index in [-0.39, 0.29) is 5.91 Å². The number of nitrogens with zero attached hydrogens (tertiary/aromatic N) is 1. The number of carbonyl (C=O) groups excluding carboxylic acids is 1. The Morgan fingerprint density at radius 2 is 1.88 bits per heavy atom. The topological polar surface area (TPSA) is 50.8 Å². The molecule has 2 fully saturated rings. The van der Waals surface area contributed by atoms with Gasteiger partial charge in [-0.25, -0.2) is 0 Å². The van der Waals surface area contributed by atoms with Gasteiger partial charge < -0.3 is 19.7 Å². The van der Waals surface area contributed by atoms with Crippen LogP contribution < -0.4 is 14.8 Å². The van der Waals surface area contributed by atoms with Crippen LogP contribution in [0.1, 0.15) is 56.3 Å². The van der Waals surface area contributed by atoms with E-state index < -0.39 is 0 Å². The summed E-state index contributed by atoms with van der Waals surface area (Å²) in [5.74, 6) is 1.43. The molecule has 0 aliphatic carbocycles. The highest BCUT2D eigenvalue weighted by Gasteiger charge is 2.36. The van der Waals surface area contributed by atoms with Crippen LogP contribution in [0, 0.1) is 0 Å². The van der Waals surface area contributed by atoms with Crippen molar-refractivity contribution in [2.75, 3.05) is 20.3 Å². The Bertz CT molecular complexity index is 593. The summed E-state index contributed by atoms with van der Waals surface area (Å²) in [6.07, 6.45) is 5.51. The molecule has 2 atom stereocenters. The van der Waals surface area contributed by atoms with Crippen LogP contribution in [0.5, 0.6) is 11.5 Å². The van der Waals surface area contributed by atoms with Gasteiger partial charge in [-0.1, -0.05) is 6.92 Å². The lowest BCUT2D eigenvalue weighted by Gasteiger charge is -2.35. The van der Waals surface area contributed by atoms with Gasteiger partial charge in [0.05, 0.1) is 13.2 Å². The summed E-state index contributed by atoms with van der Waals surface area (Å²) < 4.78 is 11.4. The SMILES string of the molecule is CCCOc1ccc(C(=O)N(C)C2CC3CCC(C2)N3)cc1OCC. The molecular weight excluding hydrogens is 316 g/mol. The molecule has 5 nitrogen and oxygen atoms in total. The standard InChI is InChI=1S/C20H30N2O3/c1-4-10-25-18-9-6-14(11-19(18)24-5-2)20(23)22(3)17-12-15-7-8-16(13-17)21-15/h6,9,11,15-17,21H,4-5,7-8,10,12-13H2,1-3H3. The van der Waals surface area contributed by atoms with Crippen molar-refractivity contribution in [3.8, 4) is 11.5 Å². The minimum atomic E-state index is 0.0642. The third-order valence-corrected chi connectivity index (χ3v) is 5.27.